The van der Waals surface area contributed by atoms with Crippen LogP contribution in [0.1, 0.15) is 81.9 Å². The summed E-state index contributed by atoms with van der Waals surface area (Å²) in [7, 11) is 0. The van der Waals surface area contributed by atoms with Gasteiger partial charge in [-0.3, -0.25) is 0 Å². The van der Waals surface area contributed by atoms with E-state index in [-0.39, 0.29) is 0 Å². The molecule has 22 heavy (non-hydrogen) atoms. The third-order valence-electron chi connectivity index (χ3n) is 5.18. The van der Waals surface area contributed by atoms with Crippen molar-refractivity contribution in [3.63, 3.8) is 0 Å². The van der Waals surface area contributed by atoms with Gasteiger partial charge in [0.05, 0.1) is 0 Å². The Morgan fingerprint density at radius 1 is 1.27 bits per heavy atom. The number of phenolic OH excluding ortho intramolecular Hbond substituents is 2. The van der Waals surface area contributed by atoms with Crippen LogP contribution in [-0.2, 0) is 0 Å². The van der Waals surface area contributed by atoms with E-state index < -0.39 is 0 Å². The van der Waals surface area contributed by atoms with Crippen LogP contribution in [0.25, 0.3) is 0 Å². The Hall–Kier alpha value is -1.44. The molecule has 0 saturated carbocycles. The summed E-state index contributed by atoms with van der Waals surface area (Å²) >= 11 is 0. The van der Waals surface area contributed by atoms with Gasteiger partial charge >= 0.3 is 0 Å². The molecule has 0 heterocycles. The van der Waals surface area contributed by atoms with Gasteiger partial charge in [-0.2, -0.15) is 0 Å². The maximum atomic E-state index is 10.6. The van der Waals surface area contributed by atoms with Gasteiger partial charge in [-0.1, -0.05) is 25.5 Å². The first kappa shape index (κ1) is 16.9. The van der Waals surface area contributed by atoms with Crippen LogP contribution >= 0.6 is 0 Å². The van der Waals surface area contributed by atoms with Crippen LogP contribution in [0.5, 0.6) is 11.5 Å². The average molecular weight is 302 g/mol. The van der Waals surface area contributed by atoms with Crippen molar-refractivity contribution >= 4 is 0 Å². The number of aryl methyl sites for hydroxylation is 1. The molecule has 1 aliphatic rings. The predicted octanol–water partition coefficient (Wildman–Crippen LogP) is 5.77. The molecule has 0 amide bonds. The maximum Gasteiger partial charge on any atom is 0.122 e. The van der Waals surface area contributed by atoms with E-state index in [1.54, 1.807) is 6.07 Å². The molecule has 1 aromatic carbocycles. The quantitative estimate of drug-likeness (QED) is 0.547. The Morgan fingerprint density at radius 2 is 1.95 bits per heavy atom. The third-order valence-corrected chi connectivity index (χ3v) is 5.18. The second kappa shape index (κ2) is 6.76. The Morgan fingerprint density at radius 3 is 2.59 bits per heavy atom. The summed E-state index contributed by atoms with van der Waals surface area (Å²) in [5.41, 5.74) is 4.14. The maximum absolute atomic E-state index is 10.6. The minimum atomic E-state index is 0.322. The van der Waals surface area contributed by atoms with Gasteiger partial charge in [0, 0.05) is 11.1 Å². The Kier molecular flexibility index (Phi) is 5.20. The molecule has 1 aliphatic carbocycles. The largest absolute Gasteiger partial charge is 0.508 e. The van der Waals surface area contributed by atoms with Crippen molar-refractivity contribution in [2.24, 2.45) is 5.92 Å². The predicted molar refractivity (Wildman–Crippen MR) is 92.7 cm³/mol. The van der Waals surface area contributed by atoms with Crippen molar-refractivity contribution in [3.05, 3.63) is 34.4 Å². The number of rotatable bonds is 4. The fraction of sp³-hybridized carbons (Fsp3) is 0.600. The molecule has 0 spiro atoms. The van der Waals surface area contributed by atoms with Gasteiger partial charge in [-0.05, 0) is 75.8 Å². The topological polar surface area (TPSA) is 40.5 Å². The second-order valence-corrected chi connectivity index (χ2v) is 7.31. The summed E-state index contributed by atoms with van der Waals surface area (Å²) in [5, 5.41) is 21.0. The summed E-state index contributed by atoms with van der Waals surface area (Å²) in [6, 6.07) is 1.71. The van der Waals surface area contributed by atoms with Gasteiger partial charge in [0.1, 0.15) is 11.5 Å². The SMILES string of the molecule is CC(C)=CCC[C@H](C)[C@H]1CC[C@H](C)c2c(O)cc(C)c(O)c21. The molecule has 0 saturated heterocycles. The van der Waals surface area contributed by atoms with Crippen molar-refractivity contribution in [1.29, 1.82) is 0 Å². The molecule has 2 N–H and O–H groups in total. The van der Waals surface area contributed by atoms with Crippen molar-refractivity contribution in [2.45, 2.75) is 72.1 Å². The van der Waals surface area contributed by atoms with E-state index in [1.807, 2.05) is 6.92 Å². The lowest BCUT2D eigenvalue weighted by Crippen LogP contribution is -2.19. The number of phenols is 2. The molecule has 1 aromatic rings. The molecule has 2 nitrogen and oxygen atoms in total. The van der Waals surface area contributed by atoms with Gasteiger partial charge in [0.25, 0.3) is 0 Å². The van der Waals surface area contributed by atoms with Crippen LogP contribution in [-0.4, -0.2) is 10.2 Å². The number of aromatic hydroxyl groups is 2. The number of hydrogen-bond acceptors (Lipinski definition) is 2. The summed E-state index contributed by atoms with van der Waals surface area (Å²) < 4.78 is 0. The highest BCUT2D eigenvalue weighted by Gasteiger charge is 2.33. The van der Waals surface area contributed by atoms with Gasteiger partial charge in [-0.15, -0.1) is 0 Å². The lowest BCUT2D eigenvalue weighted by atomic mass is 9.70. The number of fused-ring (bicyclic) bond motifs is 1. The minimum Gasteiger partial charge on any atom is -0.508 e. The van der Waals surface area contributed by atoms with E-state index in [0.717, 1.165) is 42.4 Å². The fourth-order valence-electron chi connectivity index (χ4n) is 3.85. The molecule has 0 bridgehead atoms. The molecule has 122 valence electrons. The fourth-order valence-corrected chi connectivity index (χ4v) is 3.85. The summed E-state index contributed by atoms with van der Waals surface area (Å²) in [5.74, 6) is 1.94. The first-order chi connectivity index (χ1) is 10.3. The first-order valence-corrected chi connectivity index (χ1v) is 8.51. The van der Waals surface area contributed by atoms with E-state index in [2.05, 4.69) is 33.8 Å². The zero-order chi connectivity index (χ0) is 16.4. The number of allylic oxidation sites excluding steroid dienone is 2. The van der Waals surface area contributed by atoms with Gasteiger partial charge in [0.15, 0.2) is 0 Å². The minimum absolute atomic E-state index is 0.322. The van der Waals surface area contributed by atoms with Gasteiger partial charge in [-0.25, -0.2) is 0 Å². The molecular weight excluding hydrogens is 272 g/mol. The number of benzene rings is 1. The summed E-state index contributed by atoms with van der Waals surface area (Å²) in [4.78, 5) is 0. The smallest absolute Gasteiger partial charge is 0.122 e. The van der Waals surface area contributed by atoms with Crippen molar-refractivity contribution < 1.29 is 10.2 Å². The van der Waals surface area contributed by atoms with Crippen LogP contribution in [0.3, 0.4) is 0 Å². The van der Waals surface area contributed by atoms with Crippen molar-refractivity contribution in [1.82, 2.24) is 0 Å². The molecule has 3 atom stereocenters. The molecule has 2 rings (SSSR count). The first-order valence-electron chi connectivity index (χ1n) is 8.51. The molecule has 0 aromatic heterocycles. The third kappa shape index (κ3) is 3.31. The molecule has 2 heteroatoms. The van der Waals surface area contributed by atoms with Crippen LogP contribution in [0.4, 0.5) is 0 Å². The van der Waals surface area contributed by atoms with Crippen LogP contribution in [0.2, 0.25) is 0 Å². The van der Waals surface area contributed by atoms with E-state index in [4.69, 9.17) is 0 Å². The van der Waals surface area contributed by atoms with Crippen LogP contribution in [0.15, 0.2) is 17.7 Å². The summed E-state index contributed by atoms with van der Waals surface area (Å²) in [6.07, 6.45) is 6.68. The van der Waals surface area contributed by atoms with Crippen LogP contribution in [0, 0.1) is 12.8 Å². The standard InChI is InChI=1S/C20H30O2/c1-12(2)7-6-8-13(3)16-10-9-14(4)18-17(21)11-15(5)20(22)19(16)18/h7,11,13-14,16,21-22H,6,8-10H2,1-5H3/t13-,14-,16+/m0/s1. The van der Waals surface area contributed by atoms with E-state index >= 15 is 0 Å². The Labute approximate surface area is 134 Å². The lowest BCUT2D eigenvalue weighted by Gasteiger charge is -2.35. The highest BCUT2D eigenvalue weighted by molar-refractivity contribution is 5.56. The Balaban J connectivity index is 2.34. The van der Waals surface area contributed by atoms with E-state index in [9.17, 15) is 10.2 Å². The molecule has 0 unspecified atom stereocenters. The van der Waals surface area contributed by atoms with E-state index in [0.29, 0.717) is 29.3 Å². The van der Waals surface area contributed by atoms with Gasteiger partial charge in [0.2, 0.25) is 0 Å². The zero-order valence-corrected chi connectivity index (χ0v) is 14.6. The molecule has 0 fully saturated rings. The van der Waals surface area contributed by atoms with Crippen molar-refractivity contribution in [2.75, 3.05) is 0 Å². The highest BCUT2D eigenvalue weighted by atomic mass is 16.3. The molecule has 0 aliphatic heterocycles. The number of hydrogen-bond donors (Lipinski definition) is 2. The molecule has 0 radical (unpaired) electrons. The lowest BCUT2D eigenvalue weighted by molar-refractivity contribution is 0.343. The highest BCUT2D eigenvalue weighted by Crippen LogP contribution is 2.51. The summed E-state index contributed by atoms with van der Waals surface area (Å²) in [6.45, 7) is 10.6. The zero-order valence-electron chi connectivity index (χ0n) is 14.6. The van der Waals surface area contributed by atoms with E-state index in [1.165, 1.54) is 5.57 Å². The Bertz CT molecular complexity index is 568. The normalized spacial score (nSPS) is 22.0. The molecular formula is C20H30O2. The average Bonchev–Trinajstić information content (AvgIpc) is 2.43. The van der Waals surface area contributed by atoms with Gasteiger partial charge < -0.3 is 10.2 Å². The monoisotopic (exact) mass is 302 g/mol. The van der Waals surface area contributed by atoms with Crippen molar-refractivity contribution in [3.8, 4) is 11.5 Å². The second-order valence-electron chi connectivity index (χ2n) is 7.31. The van der Waals surface area contributed by atoms with Crippen LogP contribution < -0.4 is 0 Å².